The molecule has 2 N–H and O–H groups in total. The normalized spacial score (nSPS) is 31.6. The number of ether oxygens (including phenoxy) is 1. The quantitative estimate of drug-likeness (QED) is 0.805. The molecule has 1 aliphatic carbocycles. The van der Waals surface area contributed by atoms with E-state index in [0.717, 1.165) is 45.2 Å². The average molecular weight is 336 g/mol. The summed E-state index contributed by atoms with van der Waals surface area (Å²) in [4.78, 5) is 26.7. The van der Waals surface area contributed by atoms with Crippen molar-refractivity contribution in [1.82, 2.24) is 4.90 Å². The molecule has 3 rings (SSSR count). The molecule has 5 nitrogen and oxygen atoms in total. The van der Waals surface area contributed by atoms with Crippen molar-refractivity contribution < 1.29 is 14.3 Å². The minimum atomic E-state index is -0.234. The summed E-state index contributed by atoms with van der Waals surface area (Å²) >= 11 is 0. The molecule has 2 saturated heterocycles. The van der Waals surface area contributed by atoms with Crippen molar-refractivity contribution in [2.75, 3.05) is 19.7 Å². The molecule has 2 aliphatic heterocycles. The van der Waals surface area contributed by atoms with Crippen LogP contribution in [0.1, 0.15) is 64.7 Å². The Morgan fingerprint density at radius 2 is 1.67 bits per heavy atom. The predicted octanol–water partition coefficient (Wildman–Crippen LogP) is 2.48. The summed E-state index contributed by atoms with van der Waals surface area (Å²) in [5.41, 5.74) is 5.35. The van der Waals surface area contributed by atoms with E-state index >= 15 is 0 Å². The van der Waals surface area contributed by atoms with E-state index in [1.54, 1.807) is 0 Å². The van der Waals surface area contributed by atoms with E-state index in [4.69, 9.17) is 10.5 Å². The third kappa shape index (κ3) is 3.61. The van der Waals surface area contributed by atoms with Crippen LogP contribution >= 0.6 is 0 Å². The summed E-state index contributed by atoms with van der Waals surface area (Å²) in [7, 11) is 0. The number of likely N-dealkylation sites (tertiary alicyclic amines) is 1. The van der Waals surface area contributed by atoms with E-state index in [1.807, 2.05) is 0 Å². The number of nitrogens with two attached hydrogens (primary N) is 1. The molecule has 2 heterocycles. The van der Waals surface area contributed by atoms with Crippen LogP contribution in [0.5, 0.6) is 0 Å². The molecule has 0 aromatic carbocycles. The molecule has 2 amide bonds. The highest BCUT2D eigenvalue weighted by atomic mass is 16.5. The molecule has 0 unspecified atom stereocenters. The first-order chi connectivity index (χ1) is 11.5. The van der Waals surface area contributed by atoms with Gasteiger partial charge in [-0.2, -0.15) is 0 Å². The highest BCUT2D eigenvalue weighted by molar-refractivity contribution is 5.82. The van der Waals surface area contributed by atoms with Crippen LogP contribution < -0.4 is 5.73 Å². The number of amides is 2. The molecule has 0 aromatic rings. The Bertz CT molecular complexity index is 463. The molecule has 24 heavy (non-hydrogen) atoms. The first-order valence-electron chi connectivity index (χ1n) is 9.71. The van der Waals surface area contributed by atoms with Crippen molar-refractivity contribution in [3.05, 3.63) is 0 Å². The van der Waals surface area contributed by atoms with Crippen LogP contribution in [0.15, 0.2) is 0 Å². The first kappa shape index (κ1) is 17.7. The van der Waals surface area contributed by atoms with Gasteiger partial charge in [-0.15, -0.1) is 0 Å². The lowest BCUT2D eigenvalue weighted by Gasteiger charge is -2.40. The number of hydrogen-bond donors (Lipinski definition) is 1. The summed E-state index contributed by atoms with van der Waals surface area (Å²) in [6.45, 7) is 4.39. The van der Waals surface area contributed by atoms with Crippen LogP contribution in [0.2, 0.25) is 0 Å². The average Bonchev–Trinajstić information content (AvgIpc) is 2.97. The summed E-state index contributed by atoms with van der Waals surface area (Å²) in [6, 6.07) is 0. The zero-order valence-corrected chi connectivity index (χ0v) is 15.0. The largest absolute Gasteiger partial charge is 0.377 e. The van der Waals surface area contributed by atoms with Crippen molar-refractivity contribution >= 4 is 11.8 Å². The summed E-state index contributed by atoms with van der Waals surface area (Å²) in [6.07, 6.45) is 9.50. The van der Waals surface area contributed by atoms with Gasteiger partial charge in [-0.3, -0.25) is 9.59 Å². The summed E-state index contributed by atoms with van der Waals surface area (Å²) < 4.78 is 5.81. The lowest BCUT2D eigenvalue weighted by Crippen LogP contribution is -2.48. The standard InChI is InChI=1S/C19H32N2O3/c1-19(9-4-2-3-5-10-19)18(23)21-11-6-14(7-12-21)16-15(17(20)22)8-13-24-16/h14-16H,2-13H2,1H3,(H2,20,22)/t15-,16+/m0/s1. The number of piperidine rings is 1. The second kappa shape index (κ2) is 7.42. The van der Waals surface area contributed by atoms with Gasteiger partial charge in [-0.1, -0.05) is 32.6 Å². The van der Waals surface area contributed by atoms with Gasteiger partial charge in [0.25, 0.3) is 0 Å². The van der Waals surface area contributed by atoms with Gasteiger partial charge < -0.3 is 15.4 Å². The fourth-order valence-electron chi connectivity index (χ4n) is 4.92. The smallest absolute Gasteiger partial charge is 0.228 e. The van der Waals surface area contributed by atoms with Crippen LogP contribution in [0.4, 0.5) is 0 Å². The van der Waals surface area contributed by atoms with Crippen molar-refractivity contribution in [2.45, 2.75) is 70.8 Å². The molecule has 5 heteroatoms. The van der Waals surface area contributed by atoms with Crippen LogP contribution in [-0.2, 0) is 14.3 Å². The lowest BCUT2D eigenvalue weighted by molar-refractivity contribution is -0.144. The molecule has 0 aromatic heterocycles. The molecule has 0 radical (unpaired) electrons. The van der Waals surface area contributed by atoms with Crippen LogP contribution in [-0.4, -0.2) is 42.5 Å². The zero-order valence-electron chi connectivity index (χ0n) is 15.0. The lowest BCUT2D eigenvalue weighted by atomic mass is 9.79. The van der Waals surface area contributed by atoms with Gasteiger partial charge in [0, 0.05) is 25.1 Å². The van der Waals surface area contributed by atoms with Gasteiger partial charge in [0.15, 0.2) is 0 Å². The SMILES string of the molecule is CC1(C(=O)N2CCC([C@H]3OCC[C@@H]3C(N)=O)CC2)CCCCCC1. The summed E-state index contributed by atoms with van der Waals surface area (Å²) in [5, 5.41) is 0. The minimum absolute atomic E-state index is 0.0341. The van der Waals surface area contributed by atoms with E-state index < -0.39 is 0 Å². The van der Waals surface area contributed by atoms with E-state index in [9.17, 15) is 9.59 Å². The second-order valence-corrected chi connectivity index (χ2v) is 8.24. The van der Waals surface area contributed by atoms with Gasteiger partial charge in [0.05, 0.1) is 12.0 Å². The van der Waals surface area contributed by atoms with Gasteiger partial charge in [-0.05, 0) is 38.0 Å². The maximum absolute atomic E-state index is 13.0. The van der Waals surface area contributed by atoms with E-state index in [-0.39, 0.29) is 23.3 Å². The number of hydrogen-bond acceptors (Lipinski definition) is 3. The van der Waals surface area contributed by atoms with Gasteiger partial charge in [-0.25, -0.2) is 0 Å². The van der Waals surface area contributed by atoms with Gasteiger partial charge >= 0.3 is 0 Å². The highest BCUT2D eigenvalue weighted by Gasteiger charge is 2.42. The number of nitrogens with zero attached hydrogens (tertiary/aromatic N) is 1. The molecule has 3 fully saturated rings. The Morgan fingerprint density at radius 1 is 1.04 bits per heavy atom. The van der Waals surface area contributed by atoms with E-state index in [1.165, 1.54) is 25.7 Å². The fraction of sp³-hybridized carbons (Fsp3) is 0.895. The van der Waals surface area contributed by atoms with Crippen molar-refractivity contribution in [2.24, 2.45) is 23.0 Å². The third-order valence-corrected chi connectivity index (χ3v) is 6.52. The van der Waals surface area contributed by atoms with Crippen LogP contribution in [0.25, 0.3) is 0 Å². The third-order valence-electron chi connectivity index (χ3n) is 6.52. The Hall–Kier alpha value is -1.10. The molecule has 0 spiro atoms. The van der Waals surface area contributed by atoms with Crippen LogP contribution in [0, 0.1) is 17.3 Å². The van der Waals surface area contributed by atoms with Crippen molar-refractivity contribution in [3.63, 3.8) is 0 Å². The predicted molar refractivity (Wildman–Crippen MR) is 92.2 cm³/mol. The van der Waals surface area contributed by atoms with Gasteiger partial charge in [0.1, 0.15) is 0 Å². The van der Waals surface area contributed by atoms with Crippen molar-refractivity contribution in [3.8, 4) is 0 Å². The second-order valence-electron chi connectivity index (χ2n) is 8.24. The topological polar surface area (TPSA) is 72.6 Å². The van der Waals surface area contributed by atoms with Crippen LogP contribution in [0.3, 0.4) is 0 Å². The molecule has 0 bridgehead atoms. The Balaban J connectivity index is 1.56. The molecular formula is C19H32N2O3. The zero-order chi connectivity index (χ0) is 17.2. The Labute approximate surface area is 145 Å². The number of carbonyl (C=O) groups excluding carboxylic acids is 2. The molecule has 1 saturated carbocycles. The number of rotatable bonds is 3. The molecular weight excluding hydrogens is 304 g/mol. The van der Waals surface area contributed by atoms with E-state index in [0.29, 0.717) is 18.4 Å². The molecule has 3 aliphatic rings. The van der Waals surface area contributed by atoms with Crippen molar-refractivity contribution in [1.29, 1.82) is 0 Å². The minimum Gasteiger partial charge on any atom is -0.377 e. The Morgan fingerprint density at radius 3 is 2.25 bits per heavy atom. The van der Waals surface area contributed by atoms with E-state index in [2.05, 4.69) is 11.8 Å². The monoisotopic (exact) mass is 336 g/mol. The number of carbonyl (C=O) groups is 2. The molecule has 136 valence electrons. The molecule has 2 atom stereocenters. The summed E-state index contributed by atoms with van der Waals surface area (Å²) in [5.74, 6) is 0.330. The fourth-order valence-corrected chi connectivity index (χ4v) is 4.92. The van der Waals surface area contributed by atoms with Gasteiger partial charge in [0.2, 0.25) is 11.8 Å². The Kier molecular flexibility index (Phi) is 5.48. The maximum atomic E-state index is 13.0. The first-order valence-corrected chi connectivity index (χ1v) is 9.71. The highest BCUT2D eigenvalue weighted by Crippen LogP contribution is 2.38. The maximum Gasteiger partial charge on any atom is 0.228 e. The number of primary amides is 1.